The third-order valence-corrected chi connectivity index (χ3v) is 7.40. The minimum atomic E-state index is -0.157. The van der Waals surface area contributed by atoms with Crippen LogP contribution in [-0.4, -0.2) is 17.0 Å². The maximum absolute atomic E-state index is 11.9. The number of hydrogen-bond donors (Lipinski definition) is 1. The molecule has 0 spiro atoms. The number of allylic oxidation sites excluding steroid dienone is 6. The summed E-state index contributed by atoms with van der Waals surface area (Å²) in [6, 6.07) is 0. The fraction of sp³-hybridized carbons (Fsp3) is 0.650. The average Bonchev–Trinajstić information content (AvgIpc) is 2.77. The highest BCUT2D eigenvalue weighted by molar-refractivity contribution is 5.93. The van der Waals surface area contributed by atoms with E-state index in [-0.39, 0.29) is 22.7 Å². The van der Waals surface area contributed by atoms with E-state index in [4.69, 9.17) is 0 Å². The smallest absolute Gasteiger partial charge is 0.156 e. The van der Waals surface area contributed by atoms with E-state index in [0.717, 1.165) is 25.7 Å². The Morgan fingerprint density at radius 3 is 2.77 bits per heavy atom. The molecule has 0 aromatic heterocycles. The lowest BCUT2D eigenvalue weighted by Crippen LogP contribution is -2.43. The van der Waals surface area contributed by atoms with Gasteiger partial charge in [-0.25, -0.2) is 0 Å². The second-order valence-corrected chi connectivity index (χ2v) is 8.29. The second-order valence-electron chi connectivity index (χ2n) is 8.29. The number of carbonyl (C=O) groups excluding carboxylic acids is 1. The molecule has 2 nitrogen and oxygen atoms in total. The van der Waals surface area contributed by atoms with Crippen molar-refractivity contribution in [2.75, 3.05) is 0 Å². The Balaban J connectivity index is 1.85. The van der Waals surface area contributed by atoms with Gasteiger partial charge in [-0.2, -0.15) is 0 Å². The Morgan fingerprint density at radius 1 is 1.23 bits per heavy atom. The Hall–Kier alpha value is -1.15. The fourth-order valence-corrected chi connectivity index (χ4v) is 5.64. The molecule has 1 saturated carbocycles. The maximum Gasteiger partial charge on any atom is 0.156 e. The third-order valence-electron chi connectivity index (χ3n) is 7.40. The van der Waals surface area contributed by atoms with Crippen LogP contribution in [0.2, 0.25) is 0 Å². The van der Waals surface area contributed by atoms with Crippen LogP contribution in [0.1, 0.15) is 52.9 Å². The number of hydrogen-bond acceptors (Lipinski definition) is 2. The molecule has 0 bridgehead atoms. The van der Waals surface area contributed by atoms with Crippen molar-refractivity contribution in [1.29, 1.82) is 0 Å². The molecular weight excluding hydrogens is 272 g/mol. The number of ketones is 1. The lowest BCUT2D eigenvalue weighted by Gasteiger charge is -2.50. The standard InChI is InChI=1S/C20H26O2/c1-12-10-14(21)11-13-4-5-15-16-6-7-18(22)19(16,2)9-8-17(15)20(12,13)3/h4-5,11-12,16,18,22H,6-10H2,1-3H3/t12-,16?,18-,19-,20?/m0/s1. The van der Waals surface area contributed by atoms with E-state index in [9.17, 15) is 9.90 Å². The van der Waals surface area contributed by atoms with Gasteiger partial charge in [0.05, 0.1) is 6.10 Å². The lowest BCUT2D eigenvalue weighted by molar-refractivity contribution is -0.116. The zero-order valence-corrected chi connectivity index (χ0v) is 13.9. The van der Waals surface area contributed by atoms with Gasteiger partial charge in [-0.15, -0.1) is 0 Å². The Labute approximate surface area is 133 Å². The van der Waals surface area contributed by atoms with Crippen molar-refractivity contribution in [3.63, 3.8) is 0 Å². The van der Waals surface area contributed by atoms with E-state index in [0.29, 0.717) is 18.3 Å². The largest absolute Gasteiger partial charge is 0.393 e. The van der Waals surface area contributed by atoms with Crippen LogP contribution in [0.15, 0.2) is 34.9 Å². The first kappa shape index (κ1) is 14.4. The van der Waals surface area contributed by atoms with Gasteiger partial charge in [0.15, 0.2) is 5.78 Å². The van der Waals surface area contributed by atoms with Crippen LogP contribution in [0.25, 0.3) is 0 Å². The highest BCUT2D eigenvalue weighted by atomic mass is 16.3. The number of carbonyl (C=O) groups is 1. The fourth-order valence-electron chi connectivity index (χ4n) is 5.64. The van der Waals surface area contributed by atoms with Gasteiger partial charge in [0, 0.05) is 17.3 Å². The number of rotatable bonds is 0. The molecule has 0 radical (unpaired) electrons. The molecule has 2 unspecified atom stereocenters. The summed E-state index contributed by atoms with van der Waals surface area (Å²) < 4.78 is 0. The van der Waals surface area contributed by atoms with E-state index < -0.39 is 0 Å². The molecule has 118 valence electrons. The average molecular weight is 298 g/mol. The maximum atomic E-state index is 11.9. The molecule has 0 aromatic carbocycles. The summed E-state index contributed by atoms with van der Waals surface area (Å²) in [7, 11) is 0. The first-order valence-corrected chi connectivity index (χ1v) is 8.72. The Bertz CT molecular complexity index is 638. The predicted molar refractivity (Wildman–Crippen MR) is 87.2 cm³/mol. The third kappa shape index (κ3) is 1.62. The molecule has 4 aliphatic rings. The summed E-state index contributed by atoms with van der Waals surface area (Å²) in [6.45, 7) is 6.84. The minimum absolute atomic E-state index is 0.0207. The Morgan fingerprint density at radius 2 is 2.00 bits per heavy atom. The summed E-state index contributed by atoms with van der Waals surface area (Å²) in [5, 5.41) is 10.5. The molecule has 0 amide bonds. The molecule has 4 aliphatic carbocycles. The van der Waals surface area contributed by atoms with Crippen molar-refractivity contribution >= 4 is 5.78 Å². The van der Waals surface area contributed by atoms with E-state index >= 15 is 0 Å². The molecule has 4 rings (SSSR count). The van der Waals surface area contributed by atoms with Crippen molar-refractivity contribution < 1.29 is 9.90 Å². The van der Waals surface area contributed by atoms with Gasteiger partial charge >= 0.3 is 0 Å². The topological polar surface area (TPSA) is 37.3 Å². The molecule has 1 N–H and O–H groups in total. The van der Waals surface area contributed by atoms with E-state index in [1.54, 1.807) is 5.57 Å². The second kappa shape index (κ2) is 4.44. The van der Waals surface area contributed by atoms with Crippen molar-refractivity contribution in [2.24, 2.45) is 22.7 Å². The van der Waals surface area contributed by atoms with Crippen LogP contribution in [0.3, 0.4) is 0 Å². The van der Waals surface area contributed by atoms with Gasteiger partial charge in [0.1, 0.15) is 0 Å². The molecule has 0 saturated heterocycles. The van der Waals surface area contributed by atoms with Crippen LogP contribution in [0, 0.1) is 22.7 Å². The first-order chi connectivity index (χ1) is 10.4. The van der Waals surface area contributed by atoms with Crippen LogP contribution in [0.5, 0.6) is 0 Å². The monoisotopic (exact) mass is 298 g/mol. The van der Waals surface area contributed by atoms with Crippen LogP contribution in [-0.2, 0) is 4.79 Å². The summed E-state index contributed by atoms with van der Waals surface area (Å²) in [4.78, 5) is 11.9. The van der Waals surface area contributed by atoms with Crippen molar-refractivity contribution in [1.82, 2.24) is 0 Å². The van der Waals surface area contributed by atoms with Gasteiger partial charge in [0.2, 0.25) is 0 Å². The number of aliphatic hydroxyl groups excluding tert-OH is 1. The lowest BCUT2D eigenvalue weighted by atomic mass is 9.53. The molecule has 0 aromatic rings. The summed E-state index contributed by atoms with van der Waals surface area (Å²) in [5.41, 5.74) is 4.31. The predicted octanol–water partition coefficient (Wildman–Crippen LogP) is 3.97. The van der Waals surface area contributed by atoms with Crippen LogP contribution < -0.4 is 0 Å². The quantitative estimate of drug-likeness (QED) is 0.735. The van der Waals surface area contributed by atoms with E-state index in [1.807, 2.05) is 6.08 Å². The normalized spacial score (nSPS) is 47.0. The summed E-state index contributed by atoms with van der Waals surface area (Å²) in [6.07, 6.45) is 11.0. The molecule has 0 heterocycles. The van der Waals surface area contributed by atoms with Crippen molar-refractivity contribution in [3.05, 3.63) is 34.9 Å². The highest BCUT2D eigenvalue weighted by Gasteiger charge is 2.53. The van der Waals surface area contributed by atoms with Gasteiger partial charge in [0.25, 0.3) is 0 Å². The molecule has 5 atom stereocenters. The molecule has 2 heteroatoms. The van der Waals surface area contributed by atoms with Crippen molar-refractivity contribution in [3.8, 4) is 0 Å². The first-order valence-electron chi connectivity index (χ1n) is 8.72. The van der Waals surface area contributed by atoms with Gasteiger partial charge < -0.3 is 5.11 Å². The summed E-state index contributed by atoms with van der Waals surface area (Å²) >= 11 is 0. The van der Waals surface area contributed by atoms with Gasteiger partial charge in [-0.1, -0.05) is 38.5 Å². The molecule has 22 heavy (non-hydrogen) atoms. The minimum Gasteiger partial charge on any atom is -0.393 e. The zero-order chi connectivity index (χ0) is 15.7. The number of aliphatic hydroxyl groups is 1. The molecular formula is C20H26O2. The molecule has 0 aliphatic heterocycles. The van der Waals surface area contributed by atoms with Gasteiger partial charge in [-0.05, 0) is 54.7 Å². The Kier molecular flexibility index (Phi) is 2.92. The van der Waals surface area contributed by atoms with E-state index in [1.165, 1.54) is 11.1 Å². The summed E-state index contributed by atoms with van der Waals surface area (Å²) in [5.74, 6) is 1.13. The number of fused-ring (bicyclic) bond motifs is 4. The highest BCUT2D eigenvalue weighted by Crippen LogP contribution is 2.61. The zero-order valence-electron chi connectivity index (χ0n) is 13.9. The van der Waals surface area contributed by atoms with Crippen molar-refractivity contribution in [2.45, 2.75) is 59.0 Å². The SMILES string of the molecule is C[C@H]1CC(=O)C=C2C=CC3=C(CC[C@@]4(C)C3CC[C@@H]4O)C21C. The van der Waals surface area contributed by atoms with Gasteiger partial charge in [-0.3, -0.25) is 4.79 Å². The van der Waals surface area contributed by atoms with Crippen LogP contribution >= 0.6 is 0 Å². The van der Waals surface area contributed by atoms with E-state index in [2.05, 4.69) is 32.9 Å². The van der Waals surface area contributed by atoms with Crippen LogP contribution in [0.4, 0.5) is 0 Å². The molecule has 1 fully saturated rings.